The van der Waals surface area contributed by atoms with Crippen molar-refractivity contribution < 1.29 is 17.7 Å². The first kappa shape index (κ1) is 27.7. The van der Waals surface area contributed by atoms with E-state index in [1.54, 1.807) is 0 Å². The molecule has 0 aromatic carbocycles. The molecule has 1 aliphatic rings. The first-order chi connectivity index (χ1) is 13.2. The minimum Gasteiger partial charge on any atom is -1.00 e. The standard InChI is InChI=1S/C26H49N.ClH/c1-4-5-6-7-8-9-10-11-12-13-14-15-16-17-18-21-24-27-26(3)23-20-19-22-25(26)2;/h19-20,22-23,25,27H,4-18,21,24H2,1-3H3;1H. The summed E-state index contributed by atoms with van der Waals surface area (Å²) in [5.41, 5.74) is 0.282. The maximum absolute atomic E-state index is 2.56. The predicted octanol–water partition coefficient (Wildman–Crippen LogP) is 4.34. The van der Waals surface area contributed by atoms with Crippen LogP contribution in [0.2, 0.25) is 0 Å². The molecular formula is C26H50ClN. The number of nitrogens with two attached hydrogens (primary N) is 1. The van der Waals surface area contributed by atoms with Crippen LogP contribution in [0.3, 0.4) is 0 Å². The Hall–Kier alpha value is -0.270. The molecule has 0 fully saturated rings. The van der Waals surface area contributed by atoms with Gasteiger partial charge in [0.25, 0.3) is 0 Å². The summed E-state index contributed by atoms with van der Waals surface area (Å²) < 4.78 is 0. The molecule has 2 heteroatoms. The molecule has 0 aliphatic heterocycles. The van der Waals surface area contributed by atoms with E-state index in [0.29, 0.717) is 5.92 Å². The van der Waals surface area contributed by atoms with E-state index >= 15 is 0 Å². The third kappa shape index (κ3) is 13.8. The van der Waals surface area contributed by atoms with Crippen LogP contribution in [-0.4, -0.2) is 12.1 Å². The number of hydrogen-bond acceptors (Lipinski definition) is 0. The molecule has 0 amide bonds. The van der Waals surface area contributed by atoms with Crippen LogP contribution in [0.15, 0.2) is 24.3 Å². The van der Waals surface area contributed by atoms with Crippen LogP contribution in [0.5, 0.6) is 0 Å². The fourth-order valence-corrected chi connectivity index (χ4v) is 4.21. The van der Waals surface area contributed by atoms with Crippen molar-refractivity contribution in [1.29, 1.82) is 0 Å². The van der Waals surface area contributed by atoms with Crippen LogP contribution >= 0.6 is 0 Å². The summed E-state index contributed by atoms with van der Waals surface area (Å²) in [6, 6.07) is 0. The number of unbranched alkanes of at least 4 members (excludes halogenated alkanes) is 15. The second-order valence-corrected chi connectivity index (χ2v) is 9.19. The highest BCUT2D eigenvalue weighted by atomic mass is 35.5. The average molecular weight is 412 g/mol. The zero-order chi connectivity index (χ0) is 19.6. The topological polar surface area (TPSA) is 16.6 Å². The average Bonchev–Trinajstić information content (AvgIpc) is 2.67. The van der Waals surface area contributed by atoms with E-state index in [1.807, 2.05) is 0 Å². The van der Waals surface area contributed by atoms with Gasteiger partial charge in [-0.3, -0.25) is 0 Å². The number of quaternary nitrogens is 1. The zero-order valence-corrected chi connectivity index (χ0v) is 20.1. The Morgan fingerprint density at radius 2 is 1.11 bits per heavy atom. The van der Waals surface area contributed by atoms with Gasteiger partial charge < -0.3 is 17.7 Å². The van der Waals surface area contributed by atoms with Crippen molar-refractivity contribution in [3.05, 3.63) is 24.3 Å². The third-order valence-corrected chi connectivity index (χ3v) is 6.59. The van der Waals surface area contributed by atoms with Gasteiger partial charge in [-0.15, -0.1) is 0 Å². The van der Waals surface area contributed by atoms with Gasteiger partial charge in [-0.05, 0) is 25.8 Å². The molecule has 2 unspecified atom stereocenters. The summed E-state index contributed by atoms with van der Waals surface area (Å²) >= 11 is 0. The highest BCUT2D eigenvalue weighted by Crippen LogP contribution is 2.19. The molecule has 0 saturated carbocycles. The Labute approximate surface area is 183 Å². The molecule has 1 rings (SSSR count). The molecule has 0 aromatic heterocycles. The summed E-state index contributed by atoms with van der Waals surface area (Å²) in [6.45, 7) is 8.29. The number of allylic oxidation sites excluding steroid dienone is 2. The van der Waals surface area contributed by atoms with Crippen LogP contribution in [0.4, 0.5) is 0 Å². The fourth-order valence-electron chi connectivity index (χ4n) is 4.21. The molecule has 166 valence electrons. The Morgan fingerprint density at radius 1 is 0.679 bits per heavy atom. The summed E-state index contributed by atoms with van der Waals surface area (Å²) in [4.78, 5) is 0. The van der Waals surface area contributed by atoms with Crippen LogP contribution in [0.1, 0.15) is 124 Å². The molecule has 0 heterocycles. The van der Waals surface area contributed by atoms with Crippen molar-refractivity contribution in [2.75, 3.05) is 6.54 Å². The lowest BCUT2D eigenvalue weighted by atomic mass is 9.83. The quantitative estimate of drug-likeness (QED) is 0.323. The molecule has 28 heavy (non-hydrogen) atoms. The summed E-state index contributed by atoms with van der Waals surface area (Å²) in [6.07, 6.45) is 32.3. The Morgan fingerprint density at radius 3 is 1.54 bits per heavy atom. The predicted molar refractivity (Wildman–Crippen MR) is 122 cm³/mol. The van der Waals surface area contributed by atoms with Crippen LogP contribution in [0.25, 0.3) is 0 Å². The molecule has 2 N–H and O–H groups in total. The molecular weight excluding hydrogens is 362 g/mol. The van der Waals surface area contributed by atoms with Gasteiger partial charge in [-0.25, -0.2) is 0 Å². The minimum absolute atomic E-state index is 0. The lowest BCUT2D eigenvalue weighted by Gasteiger charge is -2.30. The molecule has 0 spiro atoms. The van der Waals surface area contributed by atoms with E-state index in [4.69, 9.17) is 0 Å². The first-order valence-electron chi connectivity index (χ1n) is 12.4. The summed E-state index contributed by atoms with van der Waals surface area (Å²) in [7, 11) is 0. The minimum atomic E-state index is 0. The lowest BCUT2D eigenvalue weighted by Crippen LogP contribution is -3.00. The van der Waals surface area contributed by atoms with E-state index in [1.165, 1.54) is 109 Å². The second kappa shape index (κ2) is 18.7. The molecule has 2 atom stereocenters. The Kier molecular flexibility index (Phi) is 18.6. The van der Waals surface area contributed by atoms with Gasteiger partial charge in [0, 0.05) is 5.92 Å². The fraction of sp³-hybridized carbons (Fsp3) is 0.846. The monoisotopic (exact) mass is 411 g/mol. The van der Waals surface area contributed by atoms with Crippen molar-refractivity contribution in [2.45, 2.75) is 129 Å². The maximum atomic E-state index is 2.56. The van der Waals surface area contributed by atoms with Gasteiger partial charge in [0.15, 0.2) is 0 Å². The molecule has 0 radical (unpaired) electrons. The SMILES string of the molecule is CCCCCCCCCCCCCCCCCC[NH2+]C1(C)C=CC=CC1C.[Cl-]. The van der Waals surface area contributed by atoms with Gasteiger partial charge in [-0.2, -0.15) is 0 Å². The van der Waals surface area contributed by atoms with Gasteiger partial charge in [0.1, 0.15) is 5.54 Å². The molecule has 0 bridgehead atoms. The number of hydrogen-bond donors (Lipinski definition) is 1. The van der Waals surface area contributed by atoms with Crippen molar-refractivity contribution >= 4 is 0 Å². The normalized spacial score (nSPS) is 21.0. The van der Waals surface area contributed by atoms with E-state index in [9.17, 15) is 0 Å². The first-order valence-corrected chi connectivity index (χ1v) is 12.4. The van der Waals surface area contributed by atoms with Crippen molar-refractivity contribution in [3.63, 3.8) is 0 Å². The van der Waals surface area contributed by atoms with Gasteiger partial charge in [0.2, 0.25) is 0 Å². The van der Waals surface area contributed by atoms with Crippen molar-refractivity contribution in [2.24, 2.45) is 5.92 Å². The number of rotatable bonds is 18. The van der Waals surface area contributed by atoms with Crippen molar-refractivity contribution in [3.8, 4) is 0 Å². The highest BCUT2D eigenvalue weighted by Gasteiger charge is 2.31. The maximum Gasteiger partial charge on any atom is 0.118 e. The van der Waals surface area contributed by atoms with E-state index in [0.717, 1.165) is 0 Å². The van der Waals surface area contributed by atoms with E-state index in [2.05, 4.69) is 50.4 Å². The highest BCUT2D eigenvalue weighted by molar-refractivity contribution is 5.18. The lowest BCUT2D eigenvalue weighted by molar-refractivity contribution is -0.718. The van der Waals surface area contributed by atoms with Gasteiger partial charge in [0.05, 0.1) is 6.54 Å². The number of halogens is 1. The zero-order valence-electron chi connectivity index (χ0n) is 19.4. The summed E-state index contributed by atoms with van der Waals surface area (Å²) in [5, 5.41) is 2.56. The third-order valence-electron chi connectivity index (χ3n) is 6.59. The molecule has 1 nitrogen and oxygen atoms in total. The molecule has 0 aromatic rings. The van der Waals surface area contributed by atoms with Crippen LogP contribution in [0, 0.1) is 5.92 Å². The van der Waals surface area contributed by atoms with Crippen molar-refractivity contribution in [1.82, 2.24) is 0 Å². The van der Waals surface area contributed by atoms with Crippen LogP contribution < -0.4 is 17.7 Å². The van der Waals surface area contributed by atoms with Crippen LogP contribution in [-0.2, 0) is 0 Å². The Bertz CT molecular complexity index is 390. The summed E-state index contributed by atoms with van der Waals surface area (Å²) in [5.74, 6) is 0.642. The largest absolute Gasteiger partial charge is 1.00 e. The van der Waals surface area contributed by atoms with Gasteiger partial charge >= 0.3 is 0 Å². The van der Waals surface area contributed by atoms with E-state index < -0.39 is 0 Å². The Balaban J connectivity index is 0.00000729. The molecule has 1 aliphatic carbocycles. The van der Waals surface area contributed by atoms with Gasteiger partial charge in [-0.1, -0.05) is 122 Å². The smallest absolute Gasteiger partial charge is 0.118 e. The molecule has 0 saturated heterocycles. The second-order valence-electron chi connectivity index (χ2n) is 9.19. The van der Waals surface area contributed by atoms with E-state index in [-0.39, 0.29) is 17.9 Å².